The van der Waals surface area contributed by atoms with Gasteiger partial charge in [-0.25, -0.2) is 0 Å². The molecule has 2 aromatic carbocycles. The van der Waals surface area contributed by atoms with Crippen LogP contribution in [-0.2, 0) is 6.54 Å². The monoisotopic (exact) mass is 351 g/mol. The van der Waals surface area contributed by atoms with Gasteiger partial charge in [-0.15, -0.1) is 0 Å². The Bertz CT molecular complexity index is 665. The molecule has 4 nitrogen and oxygen atoms in total. The van der Waals surface area contributed by atoms with E-state index in [0.717, 1.165) is 18.4 Å². The number of nitrogens with one attached hydrogen (secondary N) is 1. The number of alkyl halides is 2. The van der Waals surface area contributed by atoms with E-state index >= 15 is 0 Å². The maximum absolute atomic E-state index is 12.3. The van der Waals surface area contributed by atoms with E-state index in [0.29, 0.717) is 30.3 Å². The number of unbranched alkanes of at least 4 members (excludes halogenated alkanes) is 1. The molecule has 1 N–H and O–H groups in total. The second-order valence-corrected chi connectivity index (χ2v) is 5.45. The highest BCUT2D eigenvalue weighted by molar-refractivity contribution is 5.49. The Morgan fingerprint density at radius 3 is 2.64 bits per heavy atom. The lowest BCUT2D eigenvalue weighted by Gasteiger charge is -2.13. The van der Waals surface area contributed by atoms with Crippen LogP contribution in [0, 0.1) is 0 Å². The zero-order valence-electron chi connectivity index (χ0n) is 14.4. The first-order valence-corrected chi connectivity index (χ1v) is 8.21. The third kappa shape index (κ3) is 6.14. The summed E-state index contributed by atoms with van der Waals surface area (Å²) < 4.78 is 40.0. The van der Waals surface area contributed by atoms with E-state index < -0.39 is 6.61 Å². The molecule has 25 heavy (non-hydrogen) atoms. The Morgan fingerprint density at radius 2 is 1.92 bits per heavy atom. The lowest BCUT2D eigenvalue weighted by Crippen LogP contribution is -2.04. The van der Waals surface area contributed by atoms with Gasteiger partial charge in [0.15, 0.2) is 11.5 Å². The van der Waals surface area contributed by atoms with E-state index in [9.17, 15) is 8.78 Å². The molecule has 0 spiro atoms. The summed E-state index contributed by atoms with van der Waals surface area (Å²) in [6.45, 7) is 0.446. The third-order valence-corrected chi connectivity index (χ3v) is 3.54. The quantitative estimate of drug-likeness (QED) is 0.606. The van der Waals surface area contributed by atoms with Crippen molar-refractivity contribution < 1.29 is 23.0 Å². The maximum atomic E-state index is 12.3. The third-order valence-electron chi connectivity index (χ3n) is 3.54. The average molecular weight is 351 g/mol. The van der Waals surface area contributed by atoms with Crippen LogP contribution in [0.25, 0.3) is 0 Å². The van der Waals surface area contributed by atoms with Gasteiger partial charge in [-0.05, 0) is 36.2 Å². The summed E-state index contributed by atoms with van der Waals surface area (Å²) in [6, 6.07) is 12.2. The summed E-state index contributed by atoms with van der Waals surface area (Å²) in [5.74, 6) is 1.51. The molecule has 0 aliphatic carbocycles. The van der Waals surface area contributed by atoms with Gasteiger partial charge >= 0.3 is 6.61 Å². The van der Waals surface area contributed by atoms with Crippen molar-refractivity contribution in [1.82, 2.24) is 0 Å². The van der Waals surface area contributed by atoms with Crippen LogP contribution < -0.4 is 19.5 Å². The van der Waals surface area contributed by atoms with E-state index in [1.165, 1.54) is 12.1 Å². The number of ether oxygens (including phenoxy) is 3. The number of hydrogen-bond acceptors (Lipinski definition) is 4. The smallest absolute Gasteiger partial charge is 0.387 e. The molecule has 2 aromatic rings. The van der Waals surface area contributed by atoms with Crippen molar-refractivity contribution in [1.29, 1.82) is 0 Å². The molecule has 0 amide bonds. The molecule has 0 bridgehead atoms. The van der Waals surface area contributed by atoms with Crippen LogP contribution in [0.5, 0.6) is 17.2 Å². The minimum atomic E-state index is -2.83. The molecule has 136 valence electrons. The number of halogens is 2. The standard InChI is InChI=1S/C19H23F2NO3/c1-3-4-10-24-17-9-8-14(11-18(17)23-2)13-22-15-6-5-7-16(12-15)25-19(20)21/h5-9,11-12,19,22H,3-4,10,13H2,1-2H3. The van der Waals surface area contributed by atoms with Gasteiger partial charge < -0.3 is 19.5 Å². The van der Waals surface area contributed by atoms with E-state index in [-0.39, 0.29) is 5.75 Å². The van der Waals surface area contributed by atoms with Gasteiger partial charge in [0.25, 0.3) is 0 Å². The van der Waals surface area contributed by atoms with Gasteiger partial charge in [0.1, 0.15) is 5.75 Å². The van der Waals surface area contributed by atoms with Crippen LogP contribution in [0.3, 0.4) is 0 Å². The Kier molecular flexibility index (Phi) is 7.32. The van der Waals surface area contributed by atoms with Crippen LogP contribution >= 0.6 is 0 Å². The van der Waals surface area contributed by atoms with Gasteiger partial charge in [-0.2, -0.15) is 8.78 Å². The van der Waals surface area contributed by atoms with Crippen molar-refractivity contribution in [2.45, 2.75) is 32.9 Å². The van der Waals surface area contributed by atoms with E-state index in [1.807, 2.05) is 18.2 Å². The fourth-order valence-electron chi connectivity index (χ4n) is 2.25. The molecule has 0 aromatic heterocycles. The van der Waals surface area contributed by atoms with E-state index in [1.54, 1.807) is 19.2 Å². The number of hydrogen-bond donors (Lipinski definition) is 1. The second kappa shape index (κ2) is 9.71. The molecular weight excluding hydrogens is 328 g/mol. The van der Waals surface area contributed by atoms with Crippen LogP contribution in [0.1, 0.15) is 25.3 Å². The van der Waals surface area contributed by atoms with Crippen LogP contribution in [0.4, 0.5) is 14.5 Å². The highest BCUT2D eigenvalue weighted by atomic mass is 19.3. The lowest BCUT2D eigenvalue weighted by atomic mass is 10.2. The summed E-state index contributed by atoms with van der Waals surface area (Å²) in [5.41, 5.74) is 1.68. The summed E-state index contributed by atoms with van der Waals surface area (Å²) in [6.07, 6.45) is 2.06. The zero-order valence-corrected chi connectivity index (χ0v) is 14.4. The topological polar surface area (TPSA) is 39.7 Å². The zero-order chi connectivity index (χ0) is 18.1. The Morgan fingerprint density at radius 1 is 1.08 bits per heavy atom. The fraction of sp³-hybridized carbons (Fsp3) is 0.368. The van der Waals surface area contributed by atoms with E-state index in [4.69, 9.17) is 9.47 Å². The molecule has 0 aliphatic rings. The molecule has 0 saturated heterocycles. The Balaban J connectivity index is 1.98. The first-order valence-electron chi connectivity index (χ1n) is 8.21. The average Bonchev–Trinajstić information content (AvgIpc) is 2.60. The SMILES string of the molecule is CCCCOc1ccc(CNc2cccc(OC(F)F)c2)cc1OC. The Labute approximate surface area is 146 Å². The molecule has 0 fully saturated rings. The van der Waals surface area contributed by atoms with Gasteiger partial charge in [-0.1, -0.05) is 25.5 Å². The molecule has 0 radical (unpaired) electrons. The summed E-state index contributed by atoms with van der Waals surface area (Å²) in [7, 11) is 1.60. The molecule has 0 atom stereocenters. The van der Waals surface area contributed by atoms with Gasteiger partial charge in [0.05, 0.1) is 13.7 Å². The van der Waals surface area contributed by atoms with Crippen molar-refractivity contribution in [3.8, 4) is 17.2 Å². The number of methoxy groups -OCH3 is 1. The number of benzene rings is 2. The largest absolute Gasteiger partial charge is 0.493 e. The van der Waals surface area contributed by atoms with Crippen molar-refractivity contribution in [2.24, 2.45) is 0 Å². The summed E-state index contributed by atoms with van der Waals surface area (Å²) in [4.78, 5) is 0. The maximum Gasteiger partial charge on any atom is 0.387 e. The molecule has 0 heterocycles. The molecule has 0 saturated carbocycles. The van der Waals surface area contributed by atoms with Crippen molar-refractivity contribution in [2.75, 3.05) is 19.0 Å². The van der Waals surface area contributed by atoms with Crippen LogP contribution in [0.15, 0.2) is 42.5 Å². The van der Waals surface area contributed by atoms with Gasteiger partial charge in [0.2, 0.25) is 0 Å². The summed E-state index contributed by atoms with van der Waals surface area (Å²) in [5, 5.41) is 3.18. The molecule has 6 heteroatoms. The molecular formula is C19H23F2NO3. The molecule has 0 aliphatic heterocycles. The normalized spacial score (nSPS) is 10.6. The first-order chi connectivity index (χ1) is 12.1. The van der Waals surface area contributed by atoms with E-state index in [2.05, 4.69) is 17.0 Å². The highest BCUT2D eigenvalue weighted by Gasteiger charge is 2.07. The first kappa shape index (κ1) is 18.8. The predicted octanol–water partition coefficient (Wildman–Crippen LogP) is 5.09. The van der Waals surface area contributed by atoms with Crippen molar-refractivity contribution >= 4 is 5.69 Å². The minimum Gasteiger partial charge on any atom is -0.493 e. The van der Waals surface area contributed by atoms with Crippen LogP contribution in [-0.4, -0.2) is 20.3 Å². The highest BCUT2D eigenvalue weighted by Crippen LogP contribution is 2.29. The number of anilines is 1. The molecule has 0 unspecified atom stereocenters. The minimum absolute atomic E-state index is 0.122. The lowest BCUT2D eigenvalue weighted by molar-refractivity contribution is -0.0498. The van der Waals surface area contributed by atoms with Crippen LogP contribution in [0.2, 0.25) is 0 Å². The molecule has 2 rings (SSSR count). The van der Waals surface area contributed by atoms with Gasteiger partial charge in [-0.3, -0.25) is 0 Å². The fourth-order valence-corrected chi connectivity index (χ4v) is 2.25. The predicted molar refractivity (Wildman–Crippen MR) is 93.8 cm³/mol. The van der Waals surface area contributed by atoms with Gasteiger partial charge in [0, 0.05) is 18.3 Å². The number of rotatable bonds is 10. The summed E-state index contributed by atoms with van der Waals surface area (Å²) >= 11 is 0. The van der Waals surface area contributed by atoms with Crippen molar-refractivity contribution in [3.05, 3.63) is 48.0 Å². The Hall–Kier alpha value is -2.50. The van der Waals surface area contributed by atoms with Crippen molar-refractivity contribution in [3.63, 3.8) is 0 Å². The second-order valence-electron chi connectivity index (χ2n) is 5.45.